The lowest BCUT2D eigenvalue weighted by Gasteiger charge is -2.49. The summed E-state index contributed by atoms with van der Waals surface area (Å²) in [6.45, 7) is 34.5. The van der Waals surface area contributed by atoms with E-state index in [2.05, 4.69) is 392 Å². The second kappa shape index (κ2) is 23.2. The van der Waals surface area contributed by atoms with Gasteiger partial charge in [0.15, 0.2) is 0 Å². The Morgan fingerprint density at radius 2 is 0.531 bits per heavy atom. The lowest BCUT2D eigenvalue weighted by atomic mass is 9.32. The summed E-state index contributed by atoms with van der Waals surface area (Å²) in [5.41, 5.74) is 46.8. The molecule has 14 aromatic carbocycles. The van der Waals surface area contributed by atoms with E-state index < -0.39 is 10.8 Å². The van der Waals surface area contributed by atoms with E-state index in [0.29, 0.717) is 0 Å². The highest BCUT2D eigenvalue weighted by atomic mass is 15.2. The van der Waals surface area contributed by atoms with E-state index in [1.54, 1.807) is 0 Å². The van der Waals surface area contributed by atoms with Crippen molar-refractivity contribution in [1.82, 2.24) is 0 Å². The third-order valence-corrected chi connectivity index (χ3v) is 28.9. The van der Waals surface area contributed by atoms with Crippen LogP contribution in [0, 0.1) is 0 Å². The molecule has 2 spiro atoms. The molecule has 8 aliphatic rings. The molecule has 0 atom stereocenters. The van der Waals surface area contributed by atoms with Gasteiger partial charge in [0.1, 0.15) is 0 Å². The molecule has 6 aliphatic carbocycles. The largest absolute Gasteiger partial charge is 0.311 e. The molecule has 0 unspecified atom stereocenters. The normalized spacial score (nSPS) is 17.3. The first-order valence-electron chi connectivity index (χ1n) is 41.7. The Bertz CT molecular complexity index is 6000. The van der Waals surface area contributed by atoms with E-state index in [4.69, 9.17) is 0 Å². The second-order valence-corrected chi connectivity index (χ2v) is 39.1. The van der Waals surface area contributed by atoms with Gasteiger partial charge in [-0.05, 0) is 280 Å². The summed E-state index contributed by atoms with van der Waals surface area (Å²) in [6.07, 6.45) is 4.44. The fourth-order valence-electron chi connectivity index (χ4n) is 22.8. The number of anilines is 6. The highest BCUT2D eigenvalue weighted by Crippen LogP contribution is 2.67. The lowest BCUT2D eigenvalue weighted by molar-refractivity contribution is 0.332. The third kappa shape index (κ3) is 9.31. The van der Waals surface area contributed by atoms with E-state index in [9.17, 15) is 0 Å². The molecule has 0 N–H and O–H groups in total. The van der Waals surface area contributed by atoms with Crippen LogP contribution < -0.4 is 26.2 Å². The summed E-state index contributed by atoms with van der Waals surface area (Å²) >= 11 is 0. The molecule has 0 saturated heterocycles. The Balaban J connectivity index is 0.861. The fraction of sp³-hybridized carbons (Fsp3) is 0.236. The Morgan fingerprint density at radius 3 is 0.858 bits per heavy atom. The summed E-state index contributed by atoms with van der Waals surface area (Å²) < 4.78 is 0. The molecule has 3 heteroatoms. The maximum Gasteiger partial charge on any atom is 0.252 e. The maximum atomic E-state index is 2.81. The van der Waals surface area contributed by atoms with Crippen LogP contribution in [-0.2, 0) is 43.3 Å². The summed E-state index contributed by atoms with van der Waals surface area (Å²) in [7, 11) is 0. The van der Waals surface area contributed by atoms with Crippen LogP contribution in [0.5, 0.6) is 0 Å². The zero-order valence-corrected chi connectivity index (χ0v) is 67.9. The first-order valence-corrected chi connectivity index (χ1v) is 41.7. The van der Waals surface area contributed by atoms with Crippen LogP contribution in [0.15, 0.2) is 285 Å². The molecule has 22 rings (SSSR count). The van der Waals surface area contributed by atoms with E-state index in [1.165, 1.54) is 206 Å². The van der Waals surface area contributed by atoms with Gasteiger partial charge < -0.3 is 9.80 Å². The number of hydrogen-bond acceptors (Lipinski definition) is 2. The minimum absolute atomic E-state index is 0.0759. The first-order chi connectivity index (χ1) is 54.3. The fourth-order valence-corrected chi connectivity index (χ4v) is 22.8. The van der Waals surface area contributed by atoms with Gasteiger partial charge in [0, 0.05) is 33.9 Å². The number of nitrogens with zero attached hydrogens (tertiary/aromatic N) is 2. The van der Waals surface area contributed by atoms with Gasteiger partial charge in [0.2, 0.25) is 0 Å². The van der Waals surface area contributed by atoms with Gasteiger partial charge >= 0.3 is 0 Å². The van der Waals surface area contributed by atoms with Crippen molar-refractivity contribution in [3.05, 3.63) is 363 Å². The molecule has 113 heavy (non-hydrogen) atoms. The van der Waals surface area contributed by atoms with Gasteiger partial charge in [-0.15, -0.1) is 0 Å². The molecule has 0 radical (unpaired) electrons. The van der Waals surface area contributed by atoms with Crippen molar-refractivity contribution in [2.24, 2.45) is 0 Å². The molecule has 2 aliphatic heterocycles. The number of hydrogen-bond donors (Lipinski definition) is 0. The van der Waals surface area contributed by atoms with Gasteiger partial charge in [0.25, 0.3) is 6.71 Å². The Hall–Kier alpha value is -11.3. The van der Waals surface area contributed by atoms with Crippen LogP contribution in [0.1, 0.15) is 201 Å². The van der Waals surface area contributed by atoms with Crippen LogP contribution in [0.2, 0.25) is 0 Å². The topological polar surface area (TPSA) is 6.48 Å². The van der Waals surface area contributed by atoms with Gasteiger partial charge in [-0.1, -0.05) is 321 Å². The maximum absolute atomic E-state index is 2.81. The zero-order valence-electron chi connectivity index (χ0n) is 67.9. The number of fused-ring (bicyclic) bond motifs is 26. The smallest absolute Gasteiger partial charge is 0.252 e. The van der Waals surface area contributed by atoms with Crippen molar-refractivity contribution in [2.45, 2.75) is 166 Å². The monoisotopic (exact) mass is 1460 g/mol. The quantitative estimate of drug-likeness (QED) is 0.159. The van der Waals surface area contributed by atoms with Gasteiger partial charge in [0.05, 0.1) is 22.2 Å². The SMILES string of the molecule is CC(C)(C)c1ccc(N2c3cc4c(cc3B3c5cc6c(cc5N(c5ccc(C(C)(C)C)cc5-c5ccc7c(c5)C5(c8ccccc8-c8ccccc85)c5ccccc5-7)c5cc(-c7ccccc7)cc2c53)C(C)(C)CCC6(C)C)C(C)(C)CCC4(C)C)c(-c2ccc3c(c2)C2(c4ccccc4-c4ccccc42)c2ccccc2-3)c1. The van der Waals surface area contributed by atoms with Crippen molar-refractivity contribution in [1.29, 1.82) is 0 Å². The van der Waals surface area contributed by atoms with Crippen molar-refractivity contribution in [3.8, 4) is 77.9 Å². The highest BCUT2D eigenvalue weighted by Gasteiger charge is 2.55. The molecule has 14 aromatic rings. The molecule has 2 nitrogen and oxygen atoms in total. The van der Waals surface area contributed by atoms with E-state index >= 15 is 0 Å². The van der Waals surface area contributed by atoms with Crippen molar-refractivity contribution in [2.75, 3.05) is 9.80 Å². The summed E-state index contributed by atoms with van der Waals surface area (Å²) in [5.74, 6) is 0. The van der Waals surface area contributed by atoms with Crippen molar-refractivity contribution in [3.63, 3.8) is 0 Å². The summed E-state index contributed by atoms with van der Waals surface area (Å²) in [4.78, 5) is 5.61. The molecule has 0 bridgehead atoms. The van der Waals surface area contributed by atoms with Gasteiger partial charge in [-0.25, -0.2) is 0 Å². The van der Waals surface area contributed by atoms with E-state index in [1.807, 2.05) is 0 Å². The predicted octanol–water partition coefficient (Wildman–Crippen LogP) is 26.8. The molecular weight excluding hydrogens is 1360 g/mol. The zero-order chi connectivity index (χ0) is 77.2. The predicted molar refractivity (Wildman–Crippen MR) is 477 cm³/mol. The average molecular weight is 1460 g/mol. The second-order valence-electron chi connectivity index (χ2n) is 39.1. The first kappa shape index (κ1) is 68.5. The Kier molecular flexibility index (Phi) is 14.1. The van der Waals surface area contributed by atoms with Gasteiger partial charge in [-0.3, -0.25) is 0 Å². The molecule has 0 saturated carbocycles. The molecular formula is C110H97BN2. The van der Waals surface area contributed by atoms with E-state index in [0.717, 1.165) is 25.7 Å². The number of rotatable bonds is 5. The highest BCUT2D eigenvalue weighted by molar-refractivity contribution is 7.00. The molecule has 0 fully saturated rings. The molecule has 2 heterocycles. The minimum Gasteiger partial charge on any atom is -0.311 e. The standard InChI is InChI=1S/C110H97BN2/c1-103(2,3)70-46-50-96(80(60-70)67-44-48-78-76-36-22-28-42-86(76)109(88(78)56-67)82-38-24-18-32-72(82)73-33-19-25-39-83(73)109)112-98-64-92-90(105(7,8)52-54-107(92,11)12)62-94(98)111-95-63-91-93(108(13,14)55-53-106(91,9)10)65-99(95)113(101-59-69(58-100(112)102(101)111)66-30-16-15-17-31-66)97-51-47-71(104(4,5)6)61-81(97)68-45-49-79-77-37-23-29-43-87(77)110(89(79)57-68)84-40-26-20-34-74(84)75-35-21-27-41-85(75)110/h15-51,56-65H,52-55H2,1-14H3. The Labute approximate surface area is 669 Å². The van der Waals surface area contributed by atoms with Gasteiger partial charge in [-0.2, -0.15) is 0 Å². The van der Waals surface area contributed by atoms with E-state index in [-0.39, 0.29) is 39.2 Å². The average Bonchev–Trinajstić information content (AvgIpc) is 1.55. The minimum atomic E-state index is -0.522. The summed E-state index contributed by atoms with van der Waals surface area (Å²) in [6, 6.07) is 114. The van der Waals surface area contributed by atoms with Crippen LogP contribution in [0.3, 0.4) is 0 Å². The lowest BCUT2D eigenvalue weighted by Crippen LogP contribution is -2.62. The molecule has 0 aromatic heterocycles. The van der Waals surface area contributed by atoms with Crippen molar-refractivity contribution >= 4 is 57.2 Å². The molecule has 0 amide bonds. The van der Waals surface area contributed by atoms with Crippen LogP contribution >= 0.6 is 0 Å². The molecule has 550 valence electrons. The van der Waals surface area contributed by atoms with Crippen LogP contribution in [0.25, 0.3) is 77.9 Å². The Morgan fingerprint density at radius 1 is 0.230 bits per heavy atom. The van der Waals surface area contributed by atoms with Crippen LogP contribution in [0.4, 0.5) is 34.1 Å². The number of benzene rings is 14. The summed E-state index contributed by atoms with van der Waals surface area (Å²) in [5, 5.41) is 0. The van der Waals surface area contributed by atoms with Crippen molar-refractivity contribution < 1.29 is 0 Å². The van der Waals surface area contributed by atoms with Crippen LogP contribution in [-0.4, -0.2) is 6.71 Å². The third-order valence-electron chi connectivity index (χ3n) is 28.9.